The molecule has 0 aromatic rings. The highest BCUT2D eigenvalue weighted by molar-refractivity contribution is 5.42. The van der Waals surface area contributed by atoms with Crippen LogP contribution in [0.25, 0.3) is 0 Å². The van der Waals surface area contributed by atoms with E-state index < -0.39 is 0 Å². The maximum absolute atomic E-state index is 2.52. The van der Waals surface area contributed by atoms with E-state index in [1.165, 1.54) is 6.42 Å². The average molecular weight is 190 g/mol. The van der Waals surface area contributed by atoms with Crippen LogP contribution in [0, 0.1) is 23.2 Å². The van der Waals surface area contributed by atoms with E-state index in [0.29, 0.717) is 5.41 Å². The third-order valence-electron chi connectivity index (χ3n) is 3.84. The number of rotatable bonds is 0. The molecular weight excluding hydrogens is 168 g/mol. The molecule has 2 rings (SSSR count). The first kappa shape index (κ1) is 10.0. The van der Waals surface area contributed by atoms with Crippen LogP contribution in [0.1, 0.15) is 41.0 Å². The molecule has 1 saturated carbocycles. The molecule has 0 spiro atoms. The number of hydrogen-bond acceptors (Lipinski definition) is 0. The lowest BCUT2D eigenvalue weighted by molar-refractivity contribution is 0.490. The highest BCUT2D eigenvalue weighted by atomic mass is 14.4. The largest absolute Gasteiger partial charge is 0.0733 e. The molecule has 0 bridgehead atoms. The van der Waals surface area contributed by atoms with Crippen molar-refractivity contribution in [2.45, 2.75) is 41.0 Å². The number of hydrogen-bond donors (Lipinski definition) is 0. The predicted molar refractivity (Wildman–Crippen MR) is 62.1 cm³/mol. The van der Waals surface area contributed by atoms with Crippen LogP contribution in [0.3, 0.4) is 0 Å². The fourth-order valence-electron chi connectivity index (χ4n) is 2.88. The molecule has 0 heterocycles. The third-order valence-corrected chi connectivity index (χ3v) is 3.84. The fourth-order valence-corrected chi connectivity index (χ4v) is 2.88. The second-order valence-corrected chi connectivity index (χ2v) is 6.16. The van der Waals surface area contributed by atoms with Crippen LogP contribution >= 0.6 is 0 Å². The van der Waals surface area contributed by atoms with Gasteiger partial charge in [-0.1, -0.05) is 52.3 Å². The topological polar surface area (TPSA) is 0 Å². The van der Waals surface area contributed by atoms with Gasteiger partial charge in [0.15, 0.2) is 0 Å². The van der Waals surface area contributed by atoms with Gasteiger partial charge < -0.3 is 0 Å². The Balaban J connectivity index is 2.30. The van der Waals surface area contributed by atoms with Crippen molar-refractivity contribution in [3.05, 3.63) is 23.3 Å². The Morgan fingerprint density at radius 2 is 1.86 bits per heavy atom. The van der Waals surface area contributed by atoms with Crippen molar-refractivity contribution >= 4 is 0 Å². The van der Waals surface area contributed by atoms with Crippen molar-refractivity contribution in [3.8, 4) is 0 Å². The van der Waals surface area contributed by atoms with E-state index in [1.807, 2.05) is 0 Å². The predicted octanol–water partition coefficient (Wildman–Crippen LogP) is 4.19. The molecule has 3 atom stereocenters. The van der Waals surface area contributed by atoms with Crippen LogP contribution in [0.2, 0.25) is 0 Å². The van der Waals surface area contributed by atoms with Gasteiger partial charge in [-0.3, -0.25) is 0 Å². The smallest absolute Gasteiger partial charge is 0.00145 e. The van der Waals surface area contributed by atoms with E-state index in [4.69, 9.17) is 0 Å². The second kappa shape index (κ2) is 2.98. The second-order valence-electron chi connectivity index (χ2n) is 6.16. The van der Waals surface area contributed by atoms with Crippen molar-refractivity contribution in [3.63, 3.8) is 0 Å². The summed E-state index contributed by atoms with van der Waals surface area (Å²) in [5.41, 5.74) is 3.58. The molecule has 1 fully saturated rings. The lowest BCUT2D eigenvalue weighted by atomic mass is 9.86. The summed E-state index contributed by atoms with van der Waals surface area (Å²) >= 11 is 0. The van der Waals surface area contributed by atoms with Crippen molar-refractivity contribution in [1.82, 2.24) is 0 Å². The Labute approximate surface area is 88.1 Å². The summed E-state index contributed by atoms with van der Waals surface area (Å²) in [6, 6.07) is 0. The lowest BCUT2D eigenvalue weighted by Gasteiger charge is -2.19. The molecule has 2 aliphatic carbocycles. The van der Waals surface area contributed by atoms with E-state index in [1.54, 1.807) is 11.1 Å². The van der Waals surface area contributed by atoms with Crippen LogP contribution in [0.5, 0.6) is 0 Å². The summed E-state index contributed by atoms with van der Waals surface area (Å²) < 4.78 is 0. The van der Waals surface area contributed by atoms with Gasteiger partial charge in [-0.2, -0.15) is 0 Å². The molecule has 3 unspecified atom stereocenters. The van der Waals surface area contributed by atoms with Crippen molar-refractivity contribution in [2.24, 2.45) is 23.2 Å². The minimum Gasteiger partial charge on any atom is -0.0733 e. The molecule has 0 aliphatic heterocycles. The zero-order valence-electron chi connectivity index (χ0n) is 10.1. The average Bonchev–Trinajstić information content (AvgIpc) is 2.53. The van der Waals surface area contributed by atoms with Gasteiger partial charge in [-0.15, -0.1) is 0 Å². The minimum absolute atomic E-state index is 0.330. The monoisotopic (exact) mass is 190 g/mol. The van der Waals surface area contributed by atoms with E-state index >= 15 is 0 Å². The van der Waals surface area contributed by atoms with Gasteiger partial charge in [0, 0.05) is 5.92 Å². The third kappa shape index (κ3) is 1.45. The first-order valence-electron chi connectivity index (χ1n) is 5.83. The van der Waals surface area contributed by atoms with Gasteiger partial charge in [-0.25, -0.2) is 0 Å². The van der Waals surface area contributed by atoms with Crippen LogP contribution < -0.4 is 0 Å². The van der Waals surface area contributed by atoms with Crippen LogP contribution in [0.15, 0.2) is 23.3 Å². The Bertz CT molecular complexity index is 298. The van der Waals surface area contributed by atoms with Gasteiger partial charge in [0.2, 0.25) is 0 Å². The van der Waals surface area contributed by atoms with E-state index in [2.05, 4.69) is 46.8 Å². The van der Waals surface area contributed by atoms with Crippen LogP contribution in [-0.4, -0.2) is 0 Å². The molecule has 14 heavy (non-hydrogen) atoms. The van der Waals surface area contributed by atoms with Crippen LogP contribution in [0.4, 0.5) is 0 Å². The molecule has 0 aromatic heterocycles. The molecule has 0 aromatic carbocycles. The molecule has 0 saturated heterocycles. The molecule has 0 radical (unpaired) electrons. The van der Waals surface area contributed by atoms with E-state index in [-0.39, 0.29) is 0 Å². The maximum Gasteiger partial charge on any atom is 0.00145 e. The van der Waals surface area contributed by atoms with Crippen molar-refractivity contribution in [1.29, 1.82) is 0 Å². The molecule has 78 valence electrons. The summed E-state index contributed by atoms with van der Waals surface area (Å²) in [4.78, 5) is 0. The summed E-state index contributed by atoms with van der Waals surface area (Å²) in [7, 11) is 0. The molecule has 0 N–H and O–H groups in total. The van der Waals surface area contributed by atoms with Gasteiger partial charge in [0.1, 0.15) is 0 Å². The maximum atomic E-state index is 2.52. The quantitative estimate of drug-likeness (QED) is 0.537. The van der Waals surface area contributed by atoms with Crippen molar-refractivity contribution in [2.75, 3.05) is 0 Å². The Kier molecular flexibility index (Phi) is 2.13. The zero-order valence-corrected chi connectivity index (χ0v) is 10.1. The van der Waals surface area contributed by atoms with Crippen molar-refractivity contribution < 1.29 is 0 Å². The number of fused-ring (bicyclic) bond motifs is 1. The summed E-state index contributed by atoms with van der Waals surface area (Å²) in [6.45, 7) is 11.7. The van der Waals surface area contributed by atoms with Gasteiger partial charge in [-0.05, 0) is 29.2 Å². The first-order valence-corrected chi connectivity index (χ1v) is 5.83. The Hall–Kier alpha value is -0.520. The van der Waals surface area contributed by atoms with Crippen LogP contribution in [-0.2, 0) is 0 Å². The molecule has 0 nitrogen and oxygen atoms in total. The minimum atomic E-state index is 0.330. The van der Waals surface area contributed by atoms with Gasteiger partial charge in [0.05, 0.1) is 0 Å². The SMILES string of the molecule is CC1CC(C)C2C=C(C(C)(C)C)C=C12. The summed E-state index contributed by atoms with van der Waals surface area (Å²) in [6.07, 6.45) is 6.37. The normalized spacial score (nSPS) is 36.8. The Morgan fingerprint density at radius 3 is 2.36 bits per heavy atom. The molecule has 0 heteroatoms. The number of allylic oxidation sites excluding steroid dienone is 4. The molecular formula is C14H22. The van der Waals surface area contributed by atoms with E-state index in [9.17, 15) is 0 Å². The van der Waals surface area contributed by atoms with Gasteiger partial charge >= 0.3 is 0 Å². The first-order chi connectivity index (χ1) is 6.39. The molecule has 0 amide bonds. The van der Waals surface area contributed by atoms with E-state index in [0.717, 1.165) is 17.8 Å². The Morgan fingerprint density at radius 1 is 1.21 bits per heavy atom. The van der Waals surface area contributed by atoms with Gasteiger partial charge in [0.25, 0.3) is 0 Å². The zero-order chi connectivity index (χ0) is 10.5. The molecule has 2 aliphatic rings. The highest BCUT2D eigenvalue weighted by Gasteiger charge is 2.36. The summed E-state index contributed by atoms with van der Waals surface area (Å²) in [5, 5.41) is 0. The fraction of sp³-hybridized carbons (Fsp3) is 0.714. The highest BCUT2D eigenvalue weighted by Crippen LogP contribution is 2.48. The standard InChI is InChI=1S/C14H22/c1-9-6-10(2)13-8-11(7-12(9)13)14(3,4)5/h7-10,12H,6H2,1-5H3. The lowest BCUT2D eigenvalue weighted by Crippen LogP contribution is -2.07. The summed E-state index contributed by atoms with van der Waals surface area (Å²) in [5.74, 6) is 2.43.